The molecule has 0 bridgehead atoms. The number of anilines is 1. The number of aryl methyl sites for hydroxylation is 2. The Morgan fingerprint density at radius 1 is 1.05 bits per heavy atom. The lowest BCUT2D eigenvalue weighted by Crippen LogP contribution is -2.06. The van der Waals surface area contributed by atoms with Gasteiger partial charge in [-0.1, -0.05) is 36.4 Å². The highest BCUT2D eigenvalue weighted by Gasteiger charge is 2.13. The molecule has 6 heteroatoms. The van der Waals surface area contributed by atoms with Crippen LogP contribution >= 0.6 is 15.9 Å². The average molecular weight is 344 g/mol. The summed E-state index contributed by atoms with van der Waals surface area (Å²) in [5, 5.41) is 12.0. The van der Waals surface area contributed by atoms with Crippen molar-refractivity contribution in [3.05, 3.63) is 58.6 Å². The number of hydrogen-bond acceptors (Lipinski definition) is 4. The summed E-state index contributed by atoms with van der Waals surface area (Å²) in [6, 6.07) is 16.0. The van der Waals surface area contributed by atoms with Crippen molar-refractivity contribution in [2.45, 2.75) is 13.0 Å². The molecule has 1 heterocycles. The molecule has 0 fully saturated rings. The molecule has 0 spiro atoms. The Hall–Kier alpha value is -2.21. The van der Waals surface area contributed by atoms with Gasteiger partial charge in [-0.2, -0.15) is 0 Å². The number of tetrazole rings is 1. The molecular formula is C15H14BrN5. The standard InChI is InChI=1S/C15H14BrN5/c16-14-12(7-4-8-13(14)17)15-18-19-20-21(15)10-9-11-5-2-1-3-6-11/h1-8H,9-10,17H2. The van der Waals surface area contributed by atoms with Crippen LogP contribution in [0.5, 0.6) is 0 Å². The minimum absolute atomic E-state index is 0.671. The van der Waals surface area contributed by atoms with Gasteiger partial charge in [0.15, 0.2) is 5.82 Å². The van der Waals surface area contributed by atoms with Crippen molar-refractivity contribution in [2.24, 2.45) is 0 Å². The zero-order chi connectivity index (χ0) is 14.7. The van der Waals surface area contributed by atoms with E-state index in [1.807, 2.05) is 36.4 Å². The summed E-state index contributed by atoms with van der Waals surface area (Å²) in [4.78, 5) is 0. The molecule has 21 heavy (non-hydrogen) atoms. The Bertz CT molecular complexity index is 739. The molecule has 0 aliphatic rings. The molecule has 2 N–H and O–H groups in total. The van der Waals surface area contributed by atoms with Crippen molar-refractivity contribution < 1.29 is 0 Å². The number of hydrogen-bond donors (Lipinski definition) is 1. The highest BCUT2D eigenvalue weighted by Crippen LogP contribution is 2.30. The minimum Gasteiger partial charge on any atom is -0.398 e. The van der Waals surface area contributed by atoms with Gasteiger partial charge in [0.2, 0.25) is 0 Å². The summed E-state index contributed by atoms with van der Waals surface area (Å²) in [7, 11) is 0. The Kier molecular flexibility index (Phi) is 3.96. The Balaban J connectivity index is 1.86. The van der Waals surface area contributed by atoms with Crippen molar-refractivity contribution in [3.8, 4) is 11.4 Å². The van der Waals surface area contributed by atoms with E-state index in [1.165, 1.54) is 5.56 Å². The summed E-state index contributed by atoms with van der Waals surface area (Å²) >= 11 is 3.50. The predicted octanol–water partition coefficient (Wildman–Crippen LogP) is 2.93. The number of nitrogens with two attached hydrogens (primary N) is 1. The van der Waals surface area contributed by atoms with Gasteiger partial charge in [0.25, 0.3) is 0 Å². The van der Waals surface area contributed by atoms with Crippen LogP contribution in [0.3, 0.4) is 0 Å². The predicted molar refractivity (Wildman–Crippen MR) is 85.5 cm³/mol. The first-order chi connectivity index (χ1) is 10.3. The summed E-state index contributed by atoms with van der Waals surface area (Å²) in [5.74, 6) is 0.713. The van der Waals surface area contributed by atoms with Crippen LogP contribution in [0, 0.1) is 0 Å². The first-order valence-corrected chi connectivity index (χ1v) is 7.39. The van der Waals surface area contributed by atoms with Gasteiger partial charge in [0.1, 0.15) is 0 Å². The monoisotopic (exact) mass is 343 g/mol. The van der Waals surface area contributed by atoms with Gasteiger partial charge in [-0.15, -0.1) is 5.10 Å². The molecule has 3 rings (SSSR count). The third kappa shape index (κ3) is 2.95. The molecule has 106 valence electrons. The van der Waals surface area contributed by atoms with Crippen molar-refractivity contribution in [3.63, 3.8) is 0 Å². The molecule has 0 radical (unpaired) electrons. The van der Waals surface area contributed by atoms with E-state index in [4.69, 9.17) is 5.73 Å². The second-order valence-electron chi connectivity index (χ2n) is 4.67. The number of nitrogens with zero attached hydrogens (tertiary/aromatic N) is 4. The molecular weight excluding hydrogens is 330 g/mol. The summed E-state index contributed by atoms with van der Waals surface area (Å²) in [6.45, 7) is 0.716. The van der Waals surface area contributed by atoms with E-state index >= 15 is 0 Å². The number of aromatic nitrogens is 4. The molecule has 0 aliphatic heterocycles. The third-order valence-corrected chi connectivity index (χ3v) is 4.14. The zero-order valence-corrected chi connectivity index (χ0v) is 12.9. The normalized spacial score (nSPS) is 10.7. The van der Waals surface area contributed by atoms with Gasteiger partial charge in [0, 0.05) is 17.8 Å². The molecule has 2 aromatic carbocycles. The van der Waals surface area contributed by atoms with Gasteiger partial charge in [-0.05, 0) is 50.5 Å². The Morgan fingerprint density at radius 3 is 2.67 bits per heavy atom. The summed E-state index contributed by atoms with van der Waals surface area (Å²) in [5.41, 5.74) is 8.74. The second-order valence-corrected chi connectivity index (χ2v) is 5.46. The molecule has 1 aromatic heterocycles. The highest BCUT2D eigenvalue weighted by atomic mass is 79.9. The molecule has 0 saturated heterocycles. The number of benzene rings is 2. The fraction of sp³-hybridized carbons (Fsp3) is 0.133. The van der Waals surface area contributed by atoms with Crippen LogP contribution in [0.15, 0.2) is 53.0 Å². The topological polar surface area (TPSA) is 69.6 Å². The molecule has 3 aromatic rings. The second kappa shape index (κ2) is 6.05. The van der Waals surface area contributed by atoms with Gasteiger partial charge in [-0.3, -0.25) is 0 Å². The van der Waals surface area contributed by atoms with Crippen molar-refractivity contribution in [1.29, 1.82) is 0 Å². The van der Waals surface area contributed by atoms with Crippen LogP contribution in [0.2, 0.25) is 0 Å². The quantitative estimate of drug-likeness (QED) is 0.739. The Labute approximate surface area is 130 Å². The van der Waals surface area contributed by atoms with E-state index in [-0.39, 0.29) is 0 Å². The lowest BCUT2D eigenvalue weighted by Gasteiger charge is -2.08. The number of rotatable bonds is 4. The van der Waals surface area contributed by atoms with Crippen LogP contribution in [0.4, 0.5) is 5.69 Å². The van der Waals surface area contributed by atoms with Crippen LogP contribution < -0.4 is 5.73 Å². The maximum Gasteiger partial charge on any atom is 0.183 e. The number of nitrogen functional groups attached to an aromatic ring is 1. The minimum atomic E-state index is 0.671. The van der Waals surface area contributed by atoms with E-state index in [0.29, 0.717) is 18.1 Å². The first-order valence-electron chi connectivity index (χ1n) is 6.60. The lowest BCUT2D eigenvalue weighted by atomic mass is 10.1. The molecule has 5 nitrogen and oxygen atoms in total. The van der Waals surface area contributed by atoms with Gasteiger partial charge in [-0.25, -0.2) is 4.68 Å². The largest absolute Gasteiger partial charge is 0.398 e. The van der Waals surface area contributed by atoms with Crippen molar-refractivity contribution in [2.75, 3.05) is 5.73 Å². The van der Waals surface area contributed by atoms with Crippen molar-refractivity contribution in [1.82, 2.24) is 20.2 Å². The summed E-state index contributed by atoms with van der Waals surface area (Å²) in [6.07, 6.45) is 0.874. The molecule has 0 atom stereocenters. The van der Waals surface area contributed by atoms with E-state index in [1.54, 1.807) is 4.68 Å². The molecule has 0 saturated carbocycles. The van der Waals surface area contributed by atoms with E-state index in [9.17, 15) is 0 Å². The van der Waals surface area contributed by atoms with E-state index in [2.05, 4.69) is 43.6 Å². The van der Waals surface area contributed by atoms with Gasteiger partial charge < -0.3 is 5.73 Å². The van der Waals surface area contributed by atoms with Crippen LogP contribution in [0.25, 0.3) is 11.4 Å². The van der Waals surface area contributed by atoms with Gasteiger partial charge in [0.05, 0.1) is 4.47 Å². The maximum absolute atomic E-state index is 5.92. The van der Waals surface area contributed by atoms with Crippen LogP contribution in [0.1, 0.15) is 5.56 Å². The van der Waals surface area contributed by atoms with Crippen molar-refractivity contribution >= 4 is 21.6 Å². The van der Waals surface area contributed by atoms with Gasteiger partial charge >= 0.3 is 0 Å². The first kappa shape index (κ1) is 13.8. The lowest BCUT2D eigenvalue weighted by molar-refractivity contribution is 0.594. The molecule has 0 amide bonds. The zero-order valence-electron chi connectivity index (χ0n) is 11.3. The fourth-order valence-electron chi connectivity index (χ4n) is 2.15. The smallest absolute Gasteiger partial charge is 0.183 e. The SMILES string of the molecule is Nc1cccc(-c2nnnn2CCc2ccccc2)c1Br. The van der Waals surface area contributed by atoms with E-state index < -0.39 is 0 Å². The fourth-order valence-corrected chi connectivity index (χ4v) is 2.59. The molecule has 0 unspecified atom stereocenters. The van der Waals surface area contributed by atoms with E-state index in [0.717, 1.165) is 16.5 Å². The molecule has 0 aliphatic carbocycles. The Morgan fingerprint density at radius 2 is 1.86 bits per heavy atom. The van der Waals surface area contributed by atoms with Crippen LogP contribution in [-0.2, 0) is 13.0 Å². The maximum atomic E-state index is 5.92. The highest BCUT2D eigenvalue weighted by molar-refractivity contribution is 9.10. The number of halogens is 1. The van der Waals surface area contributed by atoms with Crippen LogP contribution in [-0.4, -0.2) is 20.2 Å². The summed E-state index contributed by atoms with van der Waals surface area (Å²) < 4.78 is 2.62. The average Bonchev–Trinajstić information content (AvgIpc) is 2.97. The third-order valence-electron chi connectivity index (χ3n) is 3.26.